The summed E-state index contributed by atoms with van der Waals surface area (Å²) in [5.41, 5.74) is 5.47. The predicted octanol–water partition coefficient (Wildman–Crippen LogP) is -0.191. The standard InChI is InChI=1S/C10H15N3O3S/c11-10-7-9(1-4-12-10)17(15,16)13-5-2-8(14)3-6-13/h1,4,7-8,14H,2-3,5-6H2,(H2,11,12). The number of anilines is 1. The van der Waals surface area contributed by atoms with Crippen molar-refractivity contribution in [1.29, 1.82) is 0 Å². The van der Waals surface area contributed by atoms with Crippen LogP contribution in [-0.2, 0) is 10.0 Å². The van der Waals surface area contributed by atoms with E-state index in [4.69, 9.17) is 5.73 Å². The molecule has 1 aromatic heterocycles. The Bertz CT molecular complexity index is 495. The minimum atomic E-state index is -3.51. The fourth-order valence-electron chi connectivity index (χ4n) is 1.82. The number of nitrogens with zero attached hydrogens (tertiary/aromatic N) is 2. The molecule has 1 aliphatic heterocycles. The zero-order chi connectivity index (χ0) is 12.5. The molecule has 17 heavy (non-hydrogen) atoms. The molecule has 0 radical (unpaired) electrons. The third-order valence-corrected chi connectivity index (χ3v) is 4.71. The van der Waals surface area contributed by atoms with Crippen LogP contribution in [0.4, 0.5) is 5.82 Å². The van der Waals surface area contributed by atoms with E-state index in [9.17, 15) is 13.5 Å². The topological polar surface area (TPSA) is 96.5 Å². The van der Waals surface area contributed by atoms with Crippen LogP contribution in [0.25, 0.3) is 0 Å². The number of hydrogen-bond acceptors (Lipinski definition) is 5. The first kappa shape index (κ1) is 12.3. The molecule has 0 unspecified atom stereocenters. The monoisotopic (exact) mass is 257 g/mol. The van der Waals surface area contributed by atoms with Gasteiger partial charge in [0.2, 0.25) is 10.0 Å². The summed E-state index contributed by atoms with van der Waals surface area (Å²) >= 11 is 0. The Morgan fingerprint density at radius 1 is 1.41 bits per heavy atom. The number of piperidine rings is 1. The summed E-state index contributed by atoms with van der Waals surface area (Å²) in [6.45, 7) is 0.678. The van der Waals surface area contributed by atoms with Crippen LogP contribution < -0.4 is 5.73 Å². The third kappa shape index (κ3) is 2.56. The van der Waals surface area contributed by atoms with E-state index in [1.54, 1.807) is 0 Å². The summed E-state index contributed by atoms with van der Waals surface area (Å²) < 4.78 is 25.8. The Hall–Kier alpha value is -1.18. The van der Waals surface area contributed by atoms with Gasteiger partial charge in [0, 0.05) is 25.4 Å². The Morgan fingerprint density at radius 3 is 2.65 bits per heavy atom. The van der Waals surface area contributed by atoms with Crippen molar-refractivity contribution in [2.75, 3.05) is 18.8 Å². The molecule has 0 aromatic carbocycles. The number of nitrogens with two attached hydrogens (primary N) is 1. The van der Waals surface area contributed by atoms with Crippen LogP contribution in [0.1, 0.15) is 12.8 Å². The summed E-state index contributed by atoms with van der Waals surface area (Å²) in [5, 5.41) is 9.36. The number of pyridine rings is 1. The molecule has 0 atom stereocenters. The van der Waals surface area contributed by atoms with Gasteiger partial charge in [-0.25, -0.2) is 13.4 Å². The van der Waals surface area contributed by atoms with Crippen LogP contribution in [0.5, 0.6) is 0 Å². The van der Waals surface area contributed by atoms with Crippen molar-refractivity contribution < 1.29 is 13.5 Å². The SMILES string of the molecule is Nc1cc(S(=O)(=O)N2CCC(O)CC2)ccn1. The minimum absolute atomic E-state index is 0.154. The van der Waals surface area contributed by atoms with E-state index in [1.165, 1.54) is 22.6 Å². The molecule has 2 rings (SSSR count). The van der Waals surface area contributed by atoms with E-state index < -0.39 is 16.1 Å². The highest BCUT2D eigenvalue weighted by Gasteiger charge is 2.28. The molecule has 0 bridgehead atoms. The van der Waals surface area contributed by atoms with Crippen molar-refractivity contribution >= 4 is 15.8 Å². The van der Waals surface area contributed by atoms with Gasteiger partial charge >= 0.3 is 0 Å². The van der Waals surface area contributed by atoms with Gasteiger partial charge in [0.15, 0.2) is 0 Å². The largest absolute Gasteiger partial charge is 0.393 e. The van der Waals surface area contributed by atoms with Crippen LogP contribution in [-0.4, -0.2) is 42.0 Å². The van der Waals surface area contributed by atoms with Crippen molar-refractivity contribution in [3.63, 3.8) is 0 Å². The Morgan fingerprint density at radius 2 is 2.06 bits per heavy atom. The van der Waals surface area contributed by atoms with E-state index in [0.29, 0.717) is 25.9 Å². The molecule has 2 heterocycles. The molecule has 1 aliphatic rings. The lowest BCUT2D eigenvalue weighted by atomic mass is 10.1. The van der Waals surface area contributed by atoms with E-state index in [-0.39, 0.29) is 10.7 Å². The number of aliphatic hydroxyl groups excluding tert-OH is 1. The van der Waals surface area contributed by atoms with Gasteiger partial charge in [-0.1, -0.05) is 0 Å². The van der Waals surface area contributed by atoms with Crippen LogP contribution in [0.3, 0.4) is 0 Å². The molecule has 7 heteroatoms. The van der Waals surface area contributed by atoms with Crippen molar-refractivity contribution in [2.45, 2.75) is 23.8 Å². The Kier molecular flexibility index (Phi) is 3.32. The molecule has 0 aliphatic carbocycles. The Labute approximate surface area is 100 Å². The predicted molar refractivity (Wildman–Crippen MR) is 62.6 cm³/mol. The molecule has 0 saturated carbocycles. The summed E-state index contributed by atoms with van der Waals surface area (Å²) in [4.78, 5) is 3.92. The van der Waals surface area contributed by atoms with E-state index >= 15 is 0 Å². The zero-order valence-corrected chi connectivity index (χ0v) is 10.1. The van der Waals surface area contributed by atoms with Crippen molar-refractivity contribution in [1.82, 2.24) is 9.29 Å². The molecule has 0 spiro atoms. The number of rotatable bonds is 2. The summed E-state index contributed by atoms with van der Waals surface area (Å²) in [5.74, 6) is 0.183. The van der Waals surface area contributed by atoms with Crippen LogP contribution in [0, 0.1) is 0 Å². The number of sulfonamides is 1. The fraction of sp³-hybridized carbons (Fsp3) is 0.500. The second-order valence-corrected chi connectivity index (χ2v) is 5.99. The molecule has 3 N–H and O–H groups in total. The summed E-state index contributed by atoms with van der Waals surface area (Å²) in [6.07, 6.45) is 1.92. The zero-order valence-electron chi connectivity index (χ0n) is 9.28. The van der Waals surface area contributed by atoms with Gasteiger partial charge in [-0.15, -0.1) is 0 Å². The second-order valence-electron chi connectivity index (χ2n) is 4.05. The molecule has 1 saturated heterocycles. The highest BCUT2D eigenvalue weighted by molar-refractivity contribution is 7.89. The fourth-order valence-corrected chi connectivity index (χ4v) is 3.31. The average molecular weight is 257 g/mol. The maximum absolute atomic E-state index is 12.2. The number of aromatic nitrogens is 1. The normalized spacial score (nSPS) is 19.4. The van der Waals surface area contributed by atoms with Gasteiger partial charge in [0.25, 0.3) is 0 Å². The maximum atomic E-state index is 12.2. The molecule has 1 aromatic rings. The van der Waals surface area contributed by atoms with Gasteiger partial charge in [-0.05, 0) is 18.9 Å². The van der Waals surface area contributed by atoms with E-state index in [0.717, 1.165) is 0 Å². The molecule has 1 fully saturated rings. The smallest absolute Gasteiger partial charge is 0.243 e. The summed E-state index contributed by atoms with van der Waals surface area (Å²) in [7, 11) is -3.51. The van der Waals surface area contributed by atoms with E-state index in [2.05, 4.69) is 4.98 Å². The number of hydrogen-bond donors (Lipinski definition) is 2. The number of aliphatic hydroxyl groups is 1. The van der Waals surface area contributed by atoms with Gasteiger partial charge < -0.3 is 10.8 Å². The lowest BCUT2D eigenvalue weighted by Gasteiger charge is -2.28. The van der Waals surface area contributed by atoms with Gasteiger partial charge in [0.1, 0.15) is 5.82 Å². The highest BCUT2D eigenvalue weighted by Crippen LogP contribution is 2.21. The Balaban J connectivity index is 2.25. The van der Waals surface area contributed by atoms with Crippen molar-refractivity contribution in [3.8, 4) is 0 Å². The van der Waals surface area contributed by atoms with Crippen LogP contribution in [0.15, 0.2) is 23.2 Å². The van der Waals surface area contributed by atoms with Crippen molar-refractivity contribution in [2.24, 2.45) is 0 Å². The molecular weight excluding hydrogens is 242 g/mol. The van der Waals surface area contributed by atoms with Gasteiger partial charge in [-0.3, -0.25) is 0 Å². The first-order valence-electron chi connectivity index (χ1n) is 5.40. The maximum Gasteiger partial charge on any atom is 0.243 e. The lowest BCUT2D eigenvalue weighted by Crippen LogP contribution is -2.40. The quantitative estimate of drug-likeness (QED) is 0.765. The number of nitrogen functional groups attached to an aromatic ring is 1. The highest BCUT2D eigenvalue weighted by atomic mass is 32.2. The van der Waals surface area contributed by atoms with Crippen LogP contribution >= 0.6 is 0 Å². The lowest BCUT2D eigenvalue weighted by molar-refractivity contribution is 0.113. The van der Waals surface area contributed by atoms with Gasteiger partial charge in [-0.2, -0.15) is 4.31 Å². The van der Waals surface area contributed by atoms with E-state index in [1.807, 2.05) is 0 Å². The second kappa shape index (κ2) is 4.59. The first-order chi connectivity index (χ1) is 8.00. The molecule has 6 nitrogen and oxygen atoms in total. The first-order valence-corrected chi connectivity index (χ1v) is 6.84. The molecular formula is C10H15N3O3S. The van der Waals surface area contributed by atoms with Crippen molar-refractivity contribution in [3.05, 3.63) is 18.3 Å². The molecule has 94 valence electrons. The molecule has 0 amide bonds. The average Bonchev–Trinajstić information content (AvgIpc) is 2.29. The van der Waals surface area contributed by atoms with Crippen LogP contribution in [0.2, 0.25) is 0 Å². The summed E-state index contributed by atoms with van der Waals surface area (Å²) in [6, 6.07) is 2.77. The van der Waals surface area contributed by atoms with Gasteiger partial charge in [0.05, 0.1) is 11.0 Å². The minimum Gasteiger partial charge on any atom is -0.393 e. The third-order valence-electron chi connectivity index (χ3n) is 2.81.